The van der Waals surface area contributed by atoms with Crippen molar-refractivity contribution in [2.75, 3.05) is 6.61 Å². The van der Waals surface area contributed by atoms with E-state index in [4.69, 9.17) is 15.4 Å². The normalized spacial score (nSPS) is 11.5. The maximum absolute atomic E-state index is 13.3. The molecule has 0 spiro atoms. The molecule has 0 radical (unpaired) electrons. The summed E-state index contributed by atoms with van der Waals surface area (Å²) in [7, 11) is 0.809. The van der Waals surface area contributed by atoms with Gasteiger partial charge in [0.2, 0.25) is 0 Å². The number of hydrogen-bond acceptors (Lipinski definition) is 3. The minimum Gasteiger partial charge on any atom is -0.488 e. The fraction of sp³-hybridized carbons (Fsp3) is 0.333. The summed E-state index contributed by atoms with van der Waals surface area (Å²) in [5.74, 6) is -2.77. The van der Waals surface area contributed by atoms with Gasteiger partial charge in [0.05, 0.1) is 11.5 Å². The second-order valence-electron chi connectivity index (χ2n) is 3.00. The average molecular weight is 271 g/mol. The van der Waals surface area contributed by atoms with Crippen LogP contribution in [0.25, 0.3) is 0 Å². The van der Waals surface area contributed by atoms with Crippen molar-refractivity contribution < 1.29 is 21.9 Å². The van der Waals surface area contributed by atoms with Crippen LogP contribution in [-0.2, 0) is 9.05 Å². The highest BCUT2D eigenvalue weighted by atomic mass is 35.7. The van der Waals surface area contributed by atoms with Crippen LogP contribution in [-0.4, -0.2) is 15.0 Å². The molecule has 7 heteroatoms. The van der Waals surface area contributed by atoms with Crippen molar-refractivity contribution in [1.82, 2.24) is 0 Å². The molecular formula is C9H9ClF2O3S. The van der Waals surface area contributed by atoms with Crippen molar-refractivity contribution in [3.05, 3.63) is 23.8 Å². The van der Waals surface area contributed by atoms with E-state index in [-0.39, 0.29) is 6.61 Å². The van der Waals surface area contributed by atoms with E-state index >= 15 is 0 Å². The third kappa shape index (κ3) is 3.05. The Morgan fingerprint density at radius 2 is 1.81 bits per heavy atom. The number of rotatable bonds is 4. The minimum atomic E-state index is -4.15. The predicted octanol–water partition coefficient (Wildman–Crippen LogP) is 2.68. The molecular weight excluding hydrogens is 262 g/mol. The molecule has 1 rings (SSSR count). The molecule has 0 aliphatic heterocycles. The van der Waals surface area contributed by atoms with Crippen LogP contribution in [0.3, 0.4) is 0 Å². The first-order valence-corrected chi connectivity index (χ1v) is 6.73. The first kappa shape index (κ1) is 13.2. The van der Waals surface area contributed by atoms with Crippen LogP contribution >= 0.6 is 10.7 Å². The summed E-state index contributed by atoms with van der Waals surface area (Å²) in [6, 6.07) is 1.24. The van der Waals surface area contributed by atoms with E-state index in [9.17, 15) is 17.2 Å². The van der Waals surface area contributed by atoms with Gasteiger partial charge in [-0.25, -0.2) is 17.2 Å². The largest absolute Gasteiger partial charge is 0.488 e. The fourth-order valence-corrected chi connectivity index (χ4v) is 1.78. The van der Waals surface area contributed by atoms with E-state index in [1.807, 2.05) is 0 Å². The van der Waals surface area contributed by atoms with E-state index in [1.54, 1.807) is 6.92 Å². The number of hydrogen-bond donors (Lipinski definition) is 0. The van der Waals surface area contributed by atoms with Gasteiger partial charge in [-0.2, -0.15) is 0 Å². The van der Waals surface area contributed by atoms with Crippen LogP contribution in [0.2, 0.25) is 0 Å². The molecule has 1 aromatic rings. The van der Waals surface area contributed by atoms with Crippen LogP contribution in [0.15, 0.2) is 17.0 Å². The summed E-state index contributed by atoms with van der Waals surface area (Å²) in [4.78, 5) is -0.631. The highest BCUT2D eigenvalue weighted by Crippen LogP contribution is 2.27. The van der Waals surface area contributed by atoms with Crippen LogP contribution in [0.5, 0.6) is 5.75 Å². The van der Waals surface area contributed by atoms with Crippen LogP contribution in [0, 0.1) is 11.6 Å². The molecule has 0 amide bonds. The maximum atomic E-state index is 13.3. The molecule has 3 nitrogen and oxygen atoms in total. The van der Waals surface area contributed by atoms with Crippen molar-refractivity contribution in [2.24, 2.45) is 0 Å². The fourth-order valence-electron chi connectivity index (χ4n) is 1.02. The molecule has 0 aliphatic rings. The lowest BCUT2D eigenvalue weighted by Gasteiger charge is -2.07. The number of benzene rings is 1. The lowest BCUT2D eigenvalue weighted by Crippen LogP contribution is -2.02. The van der Waals surface area contributed by atoms with Gasteiger partial charge in [0.15, 0.2) is 17.4 Å². The van der Waals surface area contributed by atoms with E-state index in [2.05, 4.69) is 0 Å². The molecule has 0 fully saturated rings. The summed E-state index contributed by atoms with van der Waals surface area (Å²) in [5, 5.41) is 0. The number of halogens is 3. The Kier molecular flexibility index (Phi) is 4.09. The smallest absolute Gasteiger partial charge is 0.261 e. The molecule has 0 N–H and O–H groups in total. The highest BCUT2D eigenvalue weighted by molar-refractivity contribution is 8.13. The van der Waals surface area contributed by atoms with Crippen LogP contribution < -0.4 is 4.74 Å². The van der Waals surface area contributed by atoms with E-state index in [1.165, 1.54) is 0 Å². The van der Waals surface area contributed by atoms with E-state index < -0.39 is 31.3 Å². The third-order valence-electron chi connectivity index (χ3n) is 1.70. The second kappa shape index (κ2) is 4.97. The van der Waals surface area contributed by atoms with Crippen molar-refractivity contribution in [2.45, 2.75) is 18.2 Å². The minimum absolute atomic E-state index is 0.140. The van der Waals surface area contributed by atoms with Gasteiger partial charge >= 0.3 is 0 Å². The van der Waals surface area contributed by atoms with Crippen molar-refractivity contribution in [3.8, 4) is 5.75 Å². The summed E-state index contributed by atoms with van der Waals surface area (Å²) in [5.41, 5.74) is 0. The summed E-state index contributed by atoms with van der Waals surface area (Å²) in [6.07, 6.45) is 0.578. The Hall–Kier alpha value is -0.880. The second-order valence-corrected chi connectivity index (χ2v) is 5.57. The molecule has 0 bridgehead atoms. The van der Waals surface area contributed by atoms with Gasteiger partial charge in [0.1, 0.15) is 0 Å². The topological polar surface area (TPSA) is 43.4 Å². The molecule has 0 atom stereocenters. The molecule has 90 valence electrons. The molecule has 0 unspecified atom stereocenters. The summed E-state index contributed by atoms with van der Waals surface area (Å²) in [6.45, 7) is 1.91. The standard InChI is InChI=1S/C9H9ClF2O3S/c1-2-3-15-9-7(11)4-6(5-8(9)12)16(10,13)14/h4-5H,2-3H2,1H3. The highest BCUT2D eigenvalue weighted by Gasteiger charge is 2.18. The van der Waals surface area contributed by atoms with Gasteiger partial charge in [-0.1, -0.05) is 6.92 Å². The molecule has 0 saturated carbocycles. The van der Waals surface area contributed by atoms with Gasteiger partial charge in [0, 0.05) is 10.7 Å². The molecule has 0 aliphatic carbocycles. The molecule has 0 heterocycles. The average Bonchev–Trinajstić information content (AvgIpc) is 2.15. The van der Waals surface area contributed by atoms with Gasteiger partial charge in [-0.15, -0.1) is 0 Å². The monoisotopic (exact) mass is 270 g/mol. The Morgan fingerprint density at radius 1 is 1.31 bits per heavy atom. The molecule has 1 aromatic carbocycles. The van der Waals surface area contributed by atoms with Gasteiger partial charge in [-0.05, 0) is 18.6 Å². The maximum Gasteiger partial charge on any atom is 0.261 e. The van der Waals surface area contributed by atoms with Gasteiger partial charge in [0.25, 0.3) is 9.05 Å². The Balaban J connectivity index is 3.18. The summed E-state index contributed by atoms with van der Waals surface area (Å²) >= 11 is 0. The molecule has 0 aromatic heterocycles. The lowest BCUT2D eigenvalue weighted by atomic mass is 10.3. The first-order chi connectivity index (χ1) is 7.36. The zero-order valence-electron chi connectivity index (χ0n) is 8.34. The van der Waals surface area contributed by atoms with Crippen molar-refractivity contribution in [3.63, 3.8) is 0 Å². The van der Waals surface area contributed by atoms with Gasteiger partial charge < -0.3 is 4.74 Å². The zero-order valence-corrected chi connectivity index (χ0v) is 9.91. The number of ether oxygens (including phenoxy) is 1. The zero-order chi connectivity index (χ0) is 12.3. The third-order valence-corrected chi connectivity index (χ3v) is 3.04. The Morgan fingerprint density at radius 3 is 2.19 bits per heavy atom. The Bertz CT molecular complexity index is 465. The summed E-state index contributed by atoms with van der Waals surface area (Å²) < 4.78 is 53.1. The first-order valence-electron chi connectivity index (χ1n) is 4.42. The van der Waals surface area contributed by atoms with Crippen LogP contribution in [0.1, 0.15) is 13.3 Å². The van der Waals surface area contributed by atoms with Crippen molar-refractivity contribution in [1.29, 1.82) is 0 Å². The van der Waals surface area contributed by atoms with E-state index in [0.717, 1.165) is 0 Å². The molecule has 16 heavy (non-hydrogen) atoms. The van der Waals surface area contributed by atoms with Gasteiger partial charge in [-0.3, -0.25) is 0 Å². The lowest BCUT2D eigenvalue weighted by molar-refractivity contribution is 0.284. The molecule has 0 saturated heterocycles. The quantitative estimate of drug-likeness (QED) is 0.790. The van der Waals surface area contributed by atoms with Crippen LogP contribution in [0.4, 0.5) is 8.78 Å². The van der Waals surface area contributed by atoms with E-state index in [0.29, 0.717) is 18.6 Å². The predicted molar refractivity (Wildman–Crippen MR) is 55.2 cm³/mol. The SMILES string of the molecule is CCCOc1c(F)cc(S(=O)(=O)Cl)cc1F. The Labute approximate surface area is 96.4 Å². The van der Waals surface area contributed by atoms with Crippen molar-refractivity contribution >= 4 is 19.7 Å².